The van der Waals surface area contributed by atoms with Gasteiger partial charge in [0.05, 0.1) is 12.2 Å². The molecule has 0 aliphatic heterocycles. The molecular formula is C15H20N6. The second-order valence-electron chi connectivity index (χ2n) is 5.54. The van der Waals surface area contributed by atoms with E-state index in [0.29, 0.717) is 12.6 Å². The highest BCUT2D eigenvalue weighted by atomic mass is 15.3. The summed E-state index contributed by atoms with van der Waals surface area (Å²) in [5.41, 5.74) is 2.79. The van der Waals surface area contributed by atoms with Crippen LogP contribution in [0.2, 0.25) is 0 Å². The smallest absolute Gasteiger partial charge is 0.157 e. The Balaban J connectivity index is 1.89. The van der Waals surface area contributed by atoms with E-state index in [9.17, 15) is 0 Å². The van der Waals surface area contributed by atoms with Gasteiger partial charge in [0.2, 0.25) is 0 Å². The van der Waals surface area contributed by atoms with Crippen molar-refractivity contribution in [2.24, 2.45) is 0 Å². The molecule has 6 heteroatoms. The van der Waals surface area contributed by atoms with Crippen LogP contribution < -0.4 is 5.32 Å². The third-order valence-electron chi connectivity index (χ3n) is 3.41. The topological polar surface area (TPSA) is 60.0 Å². The van der Waals surface area contributed by atoms with Crippen molar-refractivity contribution in [3.05, 3.63) is 41.7 Å². The zero-order valence-corrected chi connectivity index (χ0v) is 12.8. The van der Waals surface area contributed by atoms with Crippen LogP contribution in [-0.4, -0.2) is 24.1 Å². The molecule has 0 aliphatic carbocycles. The predicted molar refractivity (Wildman–Crippen MR) is 82.4 cm³/mol. The lowest BCUT2D eigenvalue weighted by Crippen LogP contribution is -2.12. The molecular weight excluding hydrogens is 264 g/mol. The van der Waals surface area contributed by atoms with E-state index in [1.54, 1.807) is 0 Å². The van der Waals surface area contributed by atoms with Crippen LogP contribution in [0.3, 0.4) is 0 Å². The highest BCUT2D eigenvalue weighted by molar-refractivity contribution is 5.50. The molecule has 0 spiro atoms. The molecule has 0 saturated carbocycles. The van der Waals surface area contributed by atoms with Gasteiger partial charge in [-0.1, -0.05) is 0 Å². The Hall–Kier alpha value is -2.37. The summed E-state index contributed by atoms with van der Waals surface area (Å²) < 4.78 is 4.00. The van der Waals surface area contributed by atoms with Crippen LogP contribution in [0.25, 0.3) is 5.65 Å². The van der Waals surface area contributed by atoms with Crippen LogP contribution in [0, 0.1) is 13.8 Å². The summed E-state index contributed by atoms with van der Waals surface area (Å²) >= 11 is 0. The number of rotatable bonds is 4. The van der Waals surface area contributed by atoms with E-state index in [1.807, 2.05) is 42.9 Å². The summed E-state index contributed by atoms with van der Waals surface area (Å²) in [6.07, 6.45) is 3.84. The van der Waals surface area contributed by atoms with Crippen LogP contribution in [0.15, 0.2) is 24.5 Å². The summed E-state index contributed by atoms with van der Waals surface area (Å²) in [7, 11) is 0. The normalized spacial score (nSPS) is 11.5. The van der Waals surface area contributed by atoms with Crippen molar-refractivity contribution in [1.82, 2.24) is 24.1 Å². The molecule has 0 unspecified atom stereocenters. The molecule has 3 heterocycles. The molecule has 3 aromatic rings. The van der Waals surface area contributed by atoms with E-state index in [2.05, 4.69) is 38.8 Å². The van der Waals surface area contributed by atoms with Crippen LogP contribution in [0.5, 0.6) is 0 Å². The van der Waals surface area contributed by atoms with E-state index in [4.69, 9.17) is 0 Å². The fraction of sp³-hybridized carbons (Fsp3) is 0.400. The van der Waals surface area contributed by atoms with E-state index < -0.39 is 0 Å². The number of fused-ring (bicyclic) bond motifs is 1. The predicted octanol–water partition coefficient (Wildman–Crippen LogP) is 2.74. The lowest BCUT2D eigenvalue weighted by molar-refractivity contribution is 0.572. The van der Waals surface area contributed by atoms with Gasteiger partial charge in [-0.25, -0.2) is 9.97 Å². The third-order valence-corrected chi connectivity index (χ3v) is 3.41. The van der Waals surface area contributed by atoms with Crippen LogP contribution in [0.4, 0.5) is 5.82 Å². The largest absolute Gasteiger partial charge is 0.363 e. The van der Waals surface area contributed by atoms with E-state index >= 15 is 0 Å². The molecule has 0 atom stereocenters. The van der Waals surface area contributed by atoms with Gasteiger partial charge >= 0.3 is 0 Å². The highest BCUT2D eigenvalue weighted by Crippen LogP contribution is 2.15. The molecule has 21 heavy (non-hydrogen) atoms. The minimum Gasteiger partial charge on any atom is -0.363 e. The number of anilines is 1. The third kappa shape index (κ3) is 2.61. The molecule has 0 amide bonds. The van der Waals surface area contributed by atoms with Gasteiger partial charge in [-0.15, -0.1) is 0 Å². The maximum Gasteiger partial charge on any atom is 0.157 e. The van der Waals surface area contributed by atoms with Crippen molar-refractivity contribution in [1.29, 1.82) is 0 Å². The van der Waals surface area contributed by atoms with Gasteiger partial charge in [-0.3, -0.25) is 0 Å². The number of aromatic nitrogens is 5. The number of hydrogen-bond acceptors (Lipinski definition) is 4. The first-order chi connectivity index (χ1) is 10.0. The molecule has 1 N–H and O–H groups in total. The number of hydrogen-bond donors (Lipinski definition) is 1. The first-order valence-electron chi connectivity index (χ1n) is 7.14. The molecule has 0 bridgehead atoms. The first kappa shape index (κ1) is 13.6. The van der Waals surface area contributed by atoms with Crippen molar-refractivity contribution < 1.29 is 0 Å². The van der Waals surface area contributed by atoms with Crippen LogP contribution in [-0.2, 0) is 6.54 Å². The fourth-order valence-electron chi connectivity index (χ4n) is 2.46. The van der Waals surface area contributed by atoms with Gasteiger partial charge in [-0.2, -0.15) is 9.61 Å². The average molecular weight is 284 g/mol. The van der Waals surface area contributed by atoms with Gasteiger partial charge in [0.1, 0.15) is 11.6 Å². The highest BCUT2D eigenvalue weighted by Gasteiger charge is 2.09. The van der Waals surface area contributed by atoms with Crippen molar-refractivity contribution in [2.75, 3.05) is 5.32 Å². The molecule has 110 valence electrons. The minimum atomic E-state index is 0.399. The van der Waals surface area contributed by atoms with Crippen molar-refractivity contribution >= 4 is 11.5 Å². The SMILES string of the molecule is Cc1cc(NCc2nccn2C(C)C)n2nc(C)cc2n1. The van der Waals surface area contributed by atoms with Crippen molar-refractivity contribution in [3.63, 3.8) is 0 Å². The molecule has 0 aliphatic rings. The van der Waals surface area contributed by atoms with E-state index in [0.717, 1.165) is 28.7 Å². The second-order valence-corrected chi connectivity index (χ2v) is 5.54. The lowest BCUT2D eigenvalue weighted by atomic mass is 10.3. The van der Waals surface area contributed by atoms with Gasteiger partial charge in [0.25, 0.3) is 0 Å². The quantitative estimate of drug-likeness (QED) is 0.800. The molecule has 0 saturated heterocycles. The monoisotopic (exact) mass is 284 g/mol. The maximum atomic E-state index is 4.49. The lowest BCUT2D eigenvalue weighted by Gasteiger charge is -2.13. The van der Waals surface area contributed by atoms with Crippen molar-refractivity contribution in [3.8, 4) is 0 Å². The van der Waals surface area contributed by atoms with Crippen molar-refractivity contribution in [2.45, 2.75) is 40.3 Å². The van der Waals surface area contributed by atoms with E-state index in [-0.39, 0.29) is 0 Å². The standard InChI is InChI=1S/C15H20N6/c1-10(2)20-6-5-16-15(20)9-17-13-7-11(3)18-14-8-12(4)19-21(13)14/h5-8,10,17H,9H2,1-4H3. The Kier molecular flexibility index (Phi) is 3.37. The van der Waals surface area contributed by atoms with Gasteiger partial charge < -0.3 is 9.88 Å². The summed E-state index contributed by atoms with van der Waals surface area (Å²) in [6, 6.07) is 4.38. The van der Waals surface area contributed by atoms with Gasteiger partial charge in [-0.05, 0) is 27.7 Å². The number of nitrogens with zero attached hydrogens (tertiary/aromatic N) is 5. The Morgan fingerprint density at radius 1 is 1.19 bits per heavy atom. The summed E-state index contributed by atoms with van der Waals surface area (Å²) in [6.45, 7) is 8.91. The van der Waals surface area contributed by atoms with Crippen LogP contribution in [0.1, 0.15) is 37.1 Å². The number of nitrogens with one attached hydrogen (secondary N) is 1. The Bertz CT molecular complexity index is 768. The average Bonchev–Trinajstić information content (AvgIpc) is 3.01. The number of imidazole rings is 1. The summed E-state index contributed by atoms with van der Waals surface area (Å²) in [4.78, 5) is 8.90. The molecule has 3 rings (SSSR count). The Morgan fingerprint density at radius 3 is 2.76 bits per heavy atom. The first-order valence-corrected chi connectivity index (χ1v) is 7.14. The van der Waals surface area contributed by atoms with E-state index in [1.165, 1.54) is 0 Å². The molecule has 0 aromatic carbocycles. The summed E-state index contributed by atoms with van der Waals surface area (Å²) in [5.74, 6) is 1.94. The molecule has 3 aromatic heterocycles. The zero-order valence-electron chi connectivity index (χ0n) is 12.8. The molecule has 6 nitrogen and oxygen atoms in total. The number of aryl methyl sites for hydroxylation is 2. The minimum absolute atomic E-state index is 0.399. The Labute approximate surface area is 123 Å². The van der Waals surface area contributed by atoms with Gasteiger partial charge in [0, 0.05) is 36.3 Å². The van der Waals surface area contributed by atoms with Crippen LogP contribution >= 0.6 is 0 Å². The molecule has 0 radical (unpaired) electrons. The zero-order chi connectivity index (χ0) is 15.0. The Morgan fingerprint density at radius 2 is 2.00 bits per heavy atom. The fourth-order valence-corrected chi connectivity index (χ4v) is 2.46. The summed E-state index contributed by atoms with van der Waals surface area (Å²) in [5, 5.41) is 7.89. The second kappa shape index (κ2) is 5.20. The van der Waals surface area contributed by atoms with Gasteiger partial charge in [0.15, 0.2) is 5.65 Å². The maximum absolute atomic E-state index is 4.49. The molecule has 0 fully saturated rings.